The molecule has 5 heteroatoms. The van der Waals surface area contributed by atoms with Crippen molar-refractivity contribution in [2.75, 3.05) is 24.7 Å². The first-order chi connectivity index (χ1) is 7.15. The summed E-state index contributed by atoms with van der Waals surface area (Å²) in [5.41, 5.74) is 6.26. The summed E-state index contributed by atoms with van der Waals surface area (Å²) < 4.78 is 17.8. The Balaban J connectivity index is 2.65. The van der Waals surface area contributed by atoms with E-state index in [1.165, 1.54) is 0 Å². The lowest BCUT2D eigenvalue weighted by atomic mass is 10.3. The summed E-state index contributed by atoms with van der Waals surface area (Å²) in [6.45, 7) is 3.09. The second-order valence-corrected chi connectivity index (χ2v) is 5.33. The Morgan fingerprint density at radius 3 is 2.87 bits per heavy atom. The third kappa shape index (κ3) is 3.93. The fourth-order valence-corrected chi connectivity index (χ4v) is 3.01. The standard InChI is InChI=1S/C10H14BrNO2S/c1-2-14-5-6-15(13)10-4-3-8(12)7-9(10)11/h3-4,7H,2,5-6,12H2,1H3. The molecule has 0 amide bonds. The molecule has 1 unspecified atom stereocenters. The Morgan fingerprint density at radius 1 is 1.53 bits per heavy atom. The largest absolute Gasteiger partial charge is 0.399 e. The van der Waals surface area contributed by atoms with E-state index in [1.54, 1.807) is 18.2 Å². The highest BCUT2D eigenvalue weighted by Gasteiger charge is 2.08. The molecule has 0 spiro atoms. The predicted molar refractivity (Wildman–Crippen MR) is 66.3 cm³/mol. The van der Waals surface area contributed by atoms with Crippen LogP contribution in [0.1, 0.15) is 6.92 Å². The van der Waals surface area contributed by atoms with Gasteiger partial charge in [0.15, 0.2) is 0 Å². The van der Waals surface area contributed by atoms with E-state index in [1.807, 2.05) is 6.92 Å². The molecular weight excluding hydrogens is 278 g/mol. The molecule has 0 aliphatic carbocycles. The predicted octanol–water partition coefficient (Wildman–Crippen LogP) is 2.18. The molecular formula is C10H14BrNO2S. The number of halogens is 1. The van der Waals surface area contributed by atoms with Crippen molar-refractivity contribution in [3.63, 3.8) is 0 Å². The molecule has 84 valence electrons. The zero-order valence-corrected chi connectivity index (χ0v) is 10.9. The summed E-state index contributed by atoms with van der Waals surface area (Å²) in [4.78, 5) is 0.768. The Kier molecular flexibility index (Phi) is 5.28. The maximum Gasteiger partial charge on any atom is 0.0585 e. The number of hydrogen-bond donors (Lipinski definition) is 1. The van der Waals surface area contributed by atoms with Gasteiger partial charge in [-0.3, -0.25) is 4.21 Å². The molecule has 3 nitrogen and oxygen atoms in total. The maximum absolute atomic E-state index is 11.8. The van der Waals surface area contributed by atoms with Gasteiger partial charge in [0, 0.05) is 16.8 Å². The summed E-state index contributed by atoms with van der Waals surface area (Å²) in [7, 11) is -1.03. The van der Waals surface area contributed by atoms with Gasteiger partial charge < -0.3 is 10.5 Å². The highest BCUT2D eigenvalue weighted by Crippen LogP contribution is 2.22. The van der Waals surface area contributed by atoms with Crippen LogP contribution < -0.4 is 5.73 Å². The monoisotopic (exact) mass is 291 g/mol. The van der Waals surface area contributed by atoms with Crippen LogP contribution in [0.25, 0.3) is 0 Å². The van der Waals surface area contributed by atoms with Gasteiger partial charge >= 0.3 is 0 Å². The molecule has 0 bridgehead atoms. The molecule has 0 fully saturated rings. The van der Waals surface area contributed by atoms with Crippen LogP contribution in [0.2, 0.25) is 0 Å². The van der Waals surface area contributed by atoms with Gasteiger partial charge in [-0.1, -0.05) is 0 Å². The molecule has 0 saturated carbocycles. The molecule has 1 aromatic carbocycles. The third-order valence-electron chi connectivity index (χ3n) is 1.82. The van der Waals surface area contributed by atoms with Crippen LogP contribution in [0.5, 0.6) is 0 Å². The number of benzene rings is 1. The minimum atomic E-state index is -1.03. The van der Waals surface area contributed by atoms with E-state index < -0.39 is 10.8 Å². The fourth-order valence-electron chi connectivity index (χ4n) is 1.09. The van der Waals surface area contributed by atoms with Crippen LogP contribution in [-0.4, -0.2) is 23.2 Å². The van der Waals surface area contributed by atoms with Crippen molar-refractivity contribution in [3.8, 4) is 0 Å². The number of ether oxygens (including phenoxy) is 1. The van der Waals surface area contributed by atoms with Crippen molar-refractivity contribution in [3.05, 3.63) is 22.7 Å². The number of anilines is 1. The lowest BCUT2D eigenvalue weighted by Crippen LogP contribution is -2.06. The van der Waals surface area contributed by atoms with E-state index in [-0.39, 0.29) is 0 Å². The van der Waals surface area contributed by atoms with Crippen molar-refractivity contribution in [2.45, 2.75) is 11.8 Å². The van der Waals surface area contributed by atoms with E-state index in [0.29, 0.717) is 24.7 Å². The minimum absolute atomic E-state index is 0.510. The zero-order valence-electron chi connectivity index (χ0n) is 8.53. The maximum atomic E-state index is 11.8. The van der Waals surface area contributed by atoms with Crippen molar-refractivity contribution in [1.29, 1.82) is 0 Å². The van der Waals surface area contributed by atoms with Gasteiger partial charge in [-0.05, 0) is 41.1 Å². The molecule has 2 N–H and O–H groups in total. The smallest absolute Gasteiger partial charge is 0.0585 e. The van der Waals surface area contributed by atoms with Crippen LogP contribution >= 0.6 is 15.9 Å². The lowest BCUT2D eigenvalue weighted by molar-refractivity contribution is 0.164. The number of rotatable bonds is 5. The van der Waals surface area contributed by atoms with E-state index in [4.69, 9.17) is 10.5 Å². The fraction of sp³-hybridized carbons (Fsp3) is 0.400. The Hall–Kier alpha value is -0.390. The molecule has 0 aliphatic heterocycles. The third-order valence-corrected chi connectivity index (χ3v) is 4.12. The van der Waals surface area contributed by atoms with E-state index in [2.05, 4.69) is 15.9 Å². The normalized spacial score (nSPS) is 12.7. The van der Waals surface area contributed by atoms with E-state index in [0.717, 1.165) is 9.37 Å². The molecule has 1 aromatic rings. The summed E-state index contributed by atoms with van der Waals surface area (Å²) in [5, 5.41) is 0. The van der Waals surface area contributed by atoms with Gasteiger partial charge in [-0.15, -0.1) is 0 Å². The summed E-state index contributed by atoms with van der Waals surface area (Å²) in [6.07, 6.45) is 0. The van der Waals surface area contributed by atoms with Gasteiger partial charge in [0.2, 0.25) is 0 Å². The number of hydrogen-bond acceptors (Lipinski definition) is 3. The first-order valence-corrected chi connectivity index (χ1v) is 6.77. The van der Waals surface area contributed by atoms with Crippen molar-refractivity contribution >= 4 is 32.4 Å². The van der Waals surface area contributed by atoms with Crippen LogP contribution in [0.15, 0.2) is 27.6 Å². The Morgan fingerprint density at radius 2 is 2.27 bits per heavy atom. The van der Waals surface area contributed by atoms with Crippen LogP contribution in [0.3, 0.4) is 0 Å². The molecule has 1 rings (SSSR count). The van der Waals surface area contributed by atoms with Crippen LogP contribution in [0, 0.1) is 0 Å². The van der Waals surface area contributed by atoms with Crippen molar-refractivity contribution < 1.29 is 8.95 Å². The molecule has 0 saturated heterocycles. The molecule has 0 aliphatic rings. The van der Waals surface area contributed by atoms with Crippen LogP contribution in [0.4, 0.5) is 5.69 Å². The molecule has 1 atom stereocenters. The second-order valence-electron chi connectivity index (χ2n) is 2.94. The topological polar surface area (TPSA) is 52.3 Å². The number of nitrogens with two attached hydrogens (primary N) is 1. The Bertz CT molecular complexity index is 357. The summed E-state index contributed by atoms with van der Waals surface area (Å²) in [5.74, 6) is 0.510. The molecule has 0 radical (unpaired) electrons. The SMILES string of the molecule is CCOCCS(=O)c1ccc(N)cc1Br. The highest BCUT2D eigenvalue weighted by atomic mass is 79.9. The minimum Gasteiger partial charge on any atom is -0.399 e. The summed E-state index contributed by atoms with van der Waals surface area (Å²) in [6, 6.07) is 5.29. The first kappa shape index (κ1) is 12.7. The quantitative estimate of drug-likeness (QED) is 0.668. The molecule has 0 heterocycles. The molecule has 15 heavy (non-hydrogen) atoms. The van der Waals surface area contributed by atoms with Crippen LogP contribution in [-0.2, 0) is 15.5 Å². The first-order valence-electron chi connectivity index (χ1n) is 4.66. The number of nitrogen functional groups attached to an aromatic ring is 1. The van der Waals surface area contributed by atoms with E-state index in [9.17, 15) is 4.21 Å². The van der Waals surface area contributed by atoms with Gasteiger partial charge in [0.05, 0.1) is 28.1 Å². The van der Waals surface area contributed by atoms with Gasteiger partial charge in [0.25, 0.3) is 0 Å². The van der Waals surface area contributed by atoms with Gasteiger partial charge in [-0.2, -0.15) is 0 Å². The zero-order chi connectivity index (χ0) is 11.3. The summed E-state index contributed by atoms with van der Waals surface area (Å²) >= 11 is 3.34. The van der Waals surface area contributed by atoms with Crippen molar-refractivity contribution in [1.82, 2.24) is 0 Å². The van der Waals surface area contributed by atoms with Gasteiger partial charge in [-0.25, -0.2) is 0 Å². The van der Waals surface area contributed by atoms with Gasteiger partial charge in [0.1, 0.15) is 0 Å². The average Bonchev–Trinajstić information content (AvgIpc) is 2.17. The molecule has 0 aromatic heterocycles. The van der Waals surface area contributed by atoms with Crippen molar-refractivity contribution in [2.24, 2.45) is 0 Å². The average molecular weight is 292 g/mol. The van der Waals surface area contributed by atoms with E-state index >= 15 is 0 Å². The lowest BCUT2D eigenvalue weighted by Gasteiger charge is -2.05. The second kappa shape index (κ2) is 6.25. The highest BCUT2D eigenvalue weighted by molar-refractivity contribution is 9.10. The Labute approximate surface area is 101 Å².